The van der Waals surface area contributed by atoms with Gasteiger partial charge in [-0.1, -0.05) is 78.4 Å². The van der Waals surface area contributed by atoms with Crippen LogP contribution in [0.3, 0.4) is 0 Å². The van der Waals surface area contributed by atoms with E-state index in [-0.39, 0.29) is 16.8 Å². The van der Waals surface area contributed by atoms with Crippen LogP contribution in [0, 0.1) is 12.8 Å². The second-order valence-corrected chi connectivity index (χ2v) is 9.13. The fourth-order valence-corrected chi connectivity index (χ4v) is 4.64. The van der Waals surface area contributed by atoms with Crippen molar-refractivity contribution in [2.24, 2.45) is 5.92 Å². The third kappa shape index (κ3) is 4.43. The van der Waals surface area contributed by atoms with Gasteiger partial charge in [0.1, 0.15) is 5.92 Å². The molecule has 1 aromatic heterocycles. The SMILES string of the molecule is Cc1ccc(C(=O)[C@H]2[C@H](c3cn(-c4ccccc4)nc3-c3ccccc3)NC(=O)N[C@@]2(O)C(F)(F)F)cc1. The third-order valence-electron chi connectivity index (χ3n) is 6.57. The summed E-state index contributed by atoms with van der Waals surface area (Å²) in [5, 5.41) is 19.6. The highest BCUT2D eigenvalue weighted by Crippen LogP contribution is 2.45. The molecule has 3 atom stereocenters. The topological polar surface area (TPSA) is 96.2 Å². The predicted molar refractivity (Wildman–Crippen MR) is 133 cm³/mol. The van der Waals surface area contributed by atoms with Crippen molar-refractivity contribution in [3.8, 4) is 16.9 Å². The van der Waals surface area contributed by atoms with Gasteiger partial charge in [0.25, 0.3) is 0 Å². The highest BCUT2D eigenvalue weighted by molar-refractivity contribution is 6.00. The number of Topliss-reactive ketones (excluding diaryl/α,β-unsaturated/α-hetero) is 1. The Morgan fingerprint density at radius 1 is 0.974 bits per heavy atom. The summed E-state index contributed by atoms with van der Waals surface area (Å²) in [6.07, 6.45) is -3.89. The highest BCUT2D eigenvalue weighted by Gasteiger charge is 2.66. The number of aromatic nitrogens is 2. The summed E-state index contributed by atoms with van der Waals surface area (Å²) < 4.78 is 44.7. The molecule has 4 aromatic rings. The number of nitrogens with zero attached hydrogens (tertiary/aromatic N) is 2. The molecule has 0 unspecified atom stereocenters. The van der Waals surface area contributed by atoms with E-state index in [1.165, 1.54) is 23.0 Å². The molecule has 2 amide bonds. The number of carbonyl (C=O) groups is 2. The largest absolute Gasteiger partial charge is 0.437 e. The Hall–Kier alpha value is -4.44. The summed E-state index contributed by atoms with van der Waals surface area (Å²) in [6.45, 7) is 1.77. The van der Waals surface area contributed by atoms with E-state index < -0.39 is 35.7 Å². The standard InChI is InChI=1S/C28H23F3N4O3/c1-17-12-14-19(15-13-17)25(36)22-24(32-26(37)33-27(22,38)28(29,30)31)21-16-35(20-10-6-3-7-11-20)34-23(21)18-8-4-2-5-9-18/h2-16,22,24,38H,1H3,(H2,32,33,37)/t22-,24+,27+/m1/s1. The summed E-state index contributed by atoms with van der Waals surface area (Å²) in [6, 6.07) is 20.7. The number of aryl methyl sites for hydroxylation is 1. The van der Waals surface area contributed by atoms with Gasteiger partial charge in [-0.3, -0.25) is 4.79 Å². The molecule has 3 aromatic carbocycles. The van der Waals surface area contributed by atoms with Crippen LogP contribution < -0.4 is 10.6 Å². The molecule has 0 aliphatic carbocycles. The number of nitrogens with one attached hydrogen (secondary N) is 2. The van der Waals surface area contributed by atoms with Gasteiger partial charge in [-0.05, 0) is 19.1 Å². The lowest BCUT2D eigenvalue weighted by Crippen LogP contribution is -2.72. The molecule has 10 heteroatoms. The molecule has 1 fully saturated rings. The quantitative estimate of drug-likeness (QED) is 0.325. The first-order valence-corrected chi connectivity index (χ1v) is 11.8. The molecular weight excluding hydrogens is 497 g/mol. The van der Waals surface area contributed by atoms with E-state index in [4.69, 9.17) is 0 Å². The van der Waals surface area contributed by atoms with E-state index in [1.807, 2.05) is 0 Å². The number of alkyl halides is 3. The maximum absolute atomic E-state index is 14.4. The number of rotatable bonds is 5. The first-order valence-electron chi connectivity index (χ1n) is 11.8. The zero-order chi connectivity index (χ0) is 27.1. The van der Waals surface area contributed by atoms with Crippen molar-refractivity contribution in [2.75, 3.05) is 0 Å². The van der Waals surface area contributed by atoms with Crippen molar-refractivity contribution in [3.05, 3.63) is 108 Å². The van der Waals surface area contributed by atoms with E-state index in [0.717, 1.165) is 5.56 Å². The van der Waals surface area contributed by atoms with E-state index in [2.05, 4.69) is 10.4 Å². The monoisotopic (exact) mass is 520 g/mol. The van der Waals surface area contributed by atoms with Crippen LogP contribution >= 0.6 is 0 Å². The minimum absolute atomic E-state index is 0.0389. The minimum atomic E-state index is -5.36. The van der Waals surface area contributed by atoms with Gasteiger partial charge in [0, 0.05) is 22.9 Å². The number of aliphatic hydroxyl groups is 1. The van der Waals surface area contributed by atoms with Gasteiger partial charge in [0.05, 0.1) is 17.4 Å². The van der Waals surface area contributed by atoms with Crippen LogP contribution in [0.5, 0.6) is 0 Å². The van der Waals surface area contributed by atoms with Crippen molar-refractivity contribution in [1.82, 2.24) is 20.4 Å². The summed E-state index contributed by atoms with van der Waals surface area (Å²) >= 11 is 0. The van der Waals surface area contributed by atoms with Crippen LogP contribution in [0.2, 0.25) is 0 Å². The molecule has 1 aliphatic heterocycles. The normalized spacial score (nSPS) is 21.4. The van der Waals surface area contributed by atoms with Crippen molar-refractivity contribution >= 4 is 11.8 Å². The van der Waals surface area contributed by atoms with Crippen molar-refractivity contribution < 1.29 is 27.9 Å². The first kappa shape index (κ1) is 25.2. The van der Waals surface area contributed by atoms with Gasteiger partial charge in [-0.2, -0.15) is 18.3 Å². The van der Waals surface area contributed by atoms with Crippen molar-refractivity contribution in [2.45, 2.75) is 24.9 Å². The number of para-hydroxylation sites is 1. The van der Waals surface area contributed by atoms with Gasteiger partial charge in [-0.25, -0.2) is 9.48 Å². The Bertz CT molecular complexity index is 1470. The Morgan fingerprint density at radius 2 is 1.58 bits per heavy atom. The molecule has 1 aliphatic rings. The average molecular weight is 521 g/mol. The number of benzene rings is 3. The van der Waals surface area contributed by atoms with E-state index in [1.54, 1.807) is 85.0 Å². The maximum atomic E-state index is 14.4. The number of amides is 2. The number of hydrogen-bond donors (Lipinski definition) is 3. The Balaban J connectivity index is 1.73. The van der Waals surface area contributed by atoms with Gasteiger partial charge >= 0.3 is 12.2 Å². The zero-order valence-corrected chi connectivity index (χ0v) is 20.1. The minimum Gasteiger partial charge on any atom is -0.363 e. The molecule has 5 rings (SSSR count). The van der Waals surface area contributed by atoms with Crippen LogP contribution in [0.4, 0.5) is 18.0 Å². The average Bonchev–Trinajstić information content (AvgIpc) is 3.34. The fourth-order valence-electron chi connectivity index (χ4n) is 4.64. The lowest BCUT2D eigenvalue weighted by Gasteiger charge is -2.44. The maximum Gasteiger partial charge on any atom is 0.437 e. The lowest BCUT2D eigenvalue weighted by atomic mass is 9.77. The molecule has 3 N–H and O–H groups in total. The number of hydrogen-bond acceptors (Lipinski definition) is 4. The van der Waals surface area contributed by atoms with Crippen molar-refractivity contribution in [3.63, 3.8) is 0 Å². The highest BCUT2D eigenvalue weighted by atomic mass is 19.4. The molecule has 0 bridgehead atoms. The summed E-state index contributed by atoms with van der Waals surface area (Å²) in [7, 11) is 0. The van der Waals surface area contributed by atoms with Crippen LogP contribution in [0.15, 0.2) is 91.1 Å². The van der Waals surface area contributed by atoms with Crippen LogP contribution in [0.1, 0.15) is 27.5 Å². The van der Waals surface area contributed by atoms with E-state index in [9.17, 15) is 27.9 Å². The summed E-state index contributed by atoms with van der Waals surface area (Å²) in [5.74, 6) is -3.16. The number of carbonyl (C=O) groups excluding carboxylic acids is 2. The molecule has 2 heterocycles. The molecule has 0 radical (unpaired) electrons. The predicted octanol–water partition coefficient (Wildman–Crippen LogP) is 4.95. The van der Waals surface area contributed by atoms with Crippen LogP contribution in [0.25, 0.3) is 16.9 Å². The second-order valence-electron chi connectivity index (χ2n) is 9.13. The van der Waals surface area contributed by atoms with Crippen molar-refractivity contribution in [1.29, 1.82) is 0 Å². The molecule has 1 saturated heterocycles. The Labute approximate surface area is 215 Å². The number of urea groups is 1. The molecule has 0 saturated carbocycles. The molecular formula is C28H23F3N4O3. The zero-order valence-electron chi connectivity index (χ0n) is 20.1. The second kappa shape index (κ2) is 9.46. The molecule has 194 valence electrons. The van der Waals surface area contributed by atoms with Crippen LogP contribution in [-0.4, -0.2) is 38.6 Å². The van der Waals surface area contributed by atoms with E-state index in [0.29, 0.717) is 11.3 Å². The fraction of sp³-hybridized carbons (Fsp3) is 0.179. The first-order chi connectivity index (χ1) is 18.1. The van der Waals surface area contributed by atoms with Gasteiger partial charge in [0.15, 0.2) is 5.78 Å². The lowest BCUT2D eigenvalue weighted by molar-refractivity contribution is -0.287. The van der Waals surface area contributed by atoms with Gasteiger partial charge in [0.2, 0.25) is 5.72 Å². The summed E-state index contributed by atoms with van der Waals surface area (Å²) in [5.41, 5.74) is -1.51. The Morgan fingerprint density at radius 3 is 2.18 bits per heavy atom. The van der Waals surface area contributed by atoms with Crippen LogP contribution in [-0.2, 0) is 0 Å². The van der Waals surface area contributed by atoms with E-state index >= 15 is 0 Å². The number of ketones is 1. The number of halogens is 3. The third-order valence-corrected chi connectivity index (χ3v) is 6.57. The smallest absolute Gasteiger partial charge is 0.363 e. The molecule has 38 heavy (non-hydrogen) atoms. The Kier molecular flexibility index (Phi) is 6.28. The molecule has 0 spiro atoms. The van der Waals surface area contributed by atoms with Gasteiger partial charge < -0.3 is 15.7 Å². The van der Waals surface area contributed by atoms with Gasteiger partial charge in [-0.15, -0.1) is 0 Å². The summed E-state index contributed by atoms with van der Waals surface area (Å²) in [4.78, 5) is 26.3. The molecule has 7 nitrogen and oxygen atoms in total.